The number of hydrazone groups is 1. The minimum atomic E-state index is -0.387. The van der Waals surface area contributed by atoms with Crippen LogP contribution in [-0.4, -0.2) is 51.1 Å². The highest BCUT2D eigenvalue weighted by Gasteiger charge is 2.18. The summed E-state index contributed by atoms with van der Waals surface area (Å²) in [5.74, 6) is -0.506. The van der Waals surface area contributed by atoms with Gasteiger partial charge in [0.15, 0.2) is 0 Å². The van der Waals surface area contributed by atoms with E-state index < -0.39 is 0 Å². The number of pyridine rings is 1. The molecular formula is C22H24FN7O. The molecule has 31 heavy (non-hydrogen) atoms. The number of hydrogen-bond acceptors (Lipinski definition) is 6. The average Bonchev–Trinajstić information content (AvgIpc) is 3.24. The number of benzene rings is 1. The zero-order valence-corrected chi connectivity index (χ0v) is 17.4. The number of carbonyl (C=O) groups excluding carboxylic acids is 1. The summed E-state index contributed by atoms with van der Waals surface area (Å²) in [6.45, 7) is 5.34. The molecule has 0 fully saturated rings. The van der Waals surface area contributed by atoms with Crippen molar-refractivity contribution in [3.63, 3.8) is 0 Å². The highest BCUT2D eigenvalue weighted by Crippen LogP contribution is 2.20. The van der Waals surface area contributed by atoms with E-state index in [2.05, 4.69) is 20.6 Å². The Morgan fingerprint density at radius 2 is 2.16 bits per heavy atom. The standard InChI is InChI=1S/C22H24FN7O/c1-3-29(22(31)19-12-16(2)4-6-21(19)28-26-9-8-24)10-11-30-15-17(13-27-30)20-7-5-18(23)14-25-20/h4-9,12-15,24,28H,3,10-11H2,1-2H3/b24-8?,26-9-. The van der Waals surface area contributed by atoms with Gasteiger partial charge < -0.3 is 10.3 Å². The van der Waals surface area contributed by atoms with Crippen LogP contribution < -0.4 is 5.43 Å². The molecule has 0 spiro atoms. The highest BCUT2D eigenvalue weighted by atomic mass is 19.1. The smallest absolute Gasteiger partial charge is 0.256 e. The summed E-state index contributed by atoms with van der Waals surface area (Å²) in [6.07, 6.45) is 7.02. The van der Waals surface area contributed by atoms with Crippen molar-refractivity contribution in [2.45, 2.75) is 20.4 Å². The Labute approximate surface area is 179 Å². The van der Waals surface area contributed by atoms with Gasteiger partial charge in [-0.3, -0.25) is 19.9 Å². The molecule has 160 valence electrons. The first-order chi connectivity index (χ1) is 15.0. The molecule has 0 aliphatic carbocycles. The molecule has 9 heteroatoms. The molecule has 0 aliphatic heterocycles. The van der Waals surface area contributed by atoms with Crippen LogP contribution in [0.25, 0.3) is 11.3 Å². The molecule has 2 aromatic heterocycles. The number of likely N-dealkylation sites (N-methyl/N-ethyl adjacent to an activating group) is 1. The molecule has 0 bridgehead atoms. The molecule has 0 atom stereocenters. The Hall–Kier alpha value is -3.88. The quantitative estimate of drug-likeness (QED) is 0.407. The number of nitrogens with one attached hydrogen (secondary N) is 2. The van der Waals surface area contributed by atoms with E-state index in [1.54, 1.807) is 27.9 Å². The summed E-state index contributed by atoms with van der Waals surface area (Å²) in [5.41, 5.74) is 6.29. The summed E-state index contributed by atoms with van der Waals surface area (Å²) >= 11 is 0. The monoisotopic (exact) mass is 421 g/mol. The number of anilines is 1. The maximum absolute atomic E-state index is 13.2. The predicted octanol–water partition coefficient (Wildman–Crippen LogP) is 3.60. The van der Waals surface area contributed by atoms with E-state index in [0.717, 1.165) is 17.3 Å². The topological polar surface area (TPSA) is 99.3 Å². The third-order valence-electron chi connectivity index (χ3n) is 4.66. The maximum atomic E-state index is 13.2. The van der Waals surface area contributed by atoms with Crippen molar-refractivity contribution >= 4 is 24.0 Å². The van der Waals surface area contributed by atoms with E-state index in [1.807, 2.05) is 32.2 Å². The van der Waals surface area contributed by atoms with Crippen molar-refractivity contribution < 1.29 is 9.18 Å². The minimum absolute atomic E-state index is 0.119. The van der Waals surface area contributed by atoms with Crippen molar-refractivity contribution in [3.8, 4) is 11.3 Å². The minimum Gasteiger partial charge on any atom is -0.337 e. The average molecular weight is 421 g/mol. The van der Waals surface area contributed by atoms with Crippen molar-refractivity contribution in [2.24, 2.45) is 5.10 Å². The fraction of sp³-hybridized carbons (Fsp3) is 0.227. The molecule has 0 unspecified atom stereocenters. The first-order valence-electron chi connectivity index (χ1n) is 9.84. The molecule has 2 heterocycles. The summed E-state index contributed by atoms with van der Waals surface area (Å²) in [6, 6.07) is 8.47. The lowest BCUT2D eigenvalue weighted by Gasteiger charge is -2.22. The highest BCUT2D eigenvalue weighted by molar-refractivity contribution is 6.14. The van der Waals surface area contributed by atoms with Crippen LogP contribution in [0.5, 0.6) is 0 Å². The van der Waals surface area contributed by atoms with Crippen LogP contribution in [-0.2, 0) is 6.54 Å². The molecule has 0 saturated heterocycles. The van der Waals surface area contributed by atoms with E-state index in [4.69, 9.17) is 5.41 Å². The number of aryl methyl sites for hydroxylation is 1. The number of halogens is 1. The van der Waals surface area contributed by atoms with Crippen LogP contribution in [0.1, 0.15) is 22.8 Å². The SMILES string of the molecule is CCN(CCn1cc(-c2ccc(F)cn2)cn1)C(=O)c1cc(C)ccc1N/N=C\C=N. The number of aromatic nitrogens is 3. The lowest BCUT2D eigenvalue weighted by atomic mass is 10.1. The third kappa shape index (κ3) is 5.59. The Morgan fingerprint density at radius 3 is 2.87 bits per heavy atom. The van der Waals surface area contributed by atoms with Gasteiger partial charge in [0.1, 0.15) is 5.82 Å². The second-order valence-electron chi connectivity index (χ2n) is 6.84. The van der Waals surface area contributed by atoms with Gasteiger partial charge in [0.25, 0.3) is 5.91 Å². The number of hydrogen-bond donors (Lipinski definition) is 2. The molecule has 8 nitrogen and oxygen atoms in total. The first-order valence-corrected chi connectivity index (χ1v) is 9.84. The molecule has 0 saturated carbocycles. The molecule has 0 radical (unpaired) electrons. The Kier molecular flexibility index (Phi) is 7.21. The molecule has 3 rings (SSSR count). The van der Waals surface area contributed by atoms with Gasteiger partial charge in [-0.2, -0.15) is 10.2 Å². The van der Waals surface area contributed by atoms with Crippen molar-refractivity contribution in [2.75, 3.05) is 18.5 Å². The van der Waals surface area contributed by atoms with Crippen molar-refractivity contribution in [3.05, 3.63) is 65.9 Å². The van der Waals surface area contributed by atoms with Gasteiger partial charge in [-0.1, -0.05) is 11.6 Å². The van der Waals surface area contributed by atoms with Gasteiger partial charge in [0.05, 0.1) is 42.1 Å². The van der Waals surface area contributed by atoms with Gasteiger partial charge in [0, 0.05) is 31.1 Å². The Bertz CT molecular complexity index is 1080. The predicted molar refractivity (Wildman–Crippen MR) is 119 cm³/mol. The van der Waals surface area contributed by atoms with Gasteiger partial charge in [-0.15, -0.1) is 0 Å². The zero-order valence-electron chi connectivity index (χ0n) is 17.4. The molecule has 3 aromatic rings. The third-order valence-corrected chi connectivity index (χ3v) is 4.66. The van der Waals surface area contributed by atoms with Crippen LogP contribution in [0.4, 0.5) is 10.1 Å². The van der Waals surface area contributed by atoms with Crippen LogP contribution in [0.2, 0.25) is 0 Å². The van der Waals surface area contributed by atoms with E-state index in [-0.39, 0.29) is 11.7 Å². The van der Waals surface area contributed by atoms with Gasteiger partial charge in [0.2, 0.25) is 0 Å². The fourth-order valence-electron chi connectivity index (χ4n) is 3.04. The van der Waals surface area contributed by atoms with E-state index in [9.17, 15) is 9.18 Å². The number of carbonyl (C=O) groups is 1. The molecular weight excluding hydrogens is 397 g/mol. The van der Waals surface area contributed by atoms with E-state index >= 15 is 0 Å². The normalized spacial score (nSPS) is 10.9. The molecule has 1 amide bonds. The van der Waals surface area contributed by atoms with Crippen LogP contribution in [0, 0.1) is 18.2 Å². The summed E-state index contributed by atoms with van der Waals surface area (Å²) < 4.78 is 14.8. The number of rotatable bonds is 9. The Balaban J connectivity index is 1.71. The zero-order chi connectivity index (χ0) is 22.2. The second kappa shape index (κ2) is 10.2. The first kappa shape index (κ1) is 21.8. The molecule has 0 aliphatic rings. The van der Waals surface area contributed by atoms with Crippen LogP contribution in [0.15, 0.2) is 54.0 Å². The summed E-state index contributed by atoms with van der Waals surface area (Å²) in [5, 5.41) is 15.3. The van der Waals surface area contributed by atoms with Crippen LogP contribution in [0.3, 0.4) is 0 Å². The number of amides is 1. The van der Waals surface area contributed by atoms with E-state index in [1.165, 1.54) is 18.5 Å². The number of nitrogens with zero attached hydrogens (tertiary/aromatic N) is 5. The van der Waals surface area contributed by atoms with E-state index in [0.29, 0.717) is 36.6 Å². The fourth-order valence-corrected chi connectivity index (χ4v) is 3.04. The molecule has 2 N–H and O–H groups in total. The van der Waals surface area contributed by atoms with Gasteiger partial charge in [-0.25, -0.2) is 4.39 Å². The summed E-state index contributed by atoms with van der Waals surface area (Å²) in [4.78, 5) is 19.0. The lowest BCUT2D eigenvalue weighted by Crippen LogP contribution is -2.34. The van der Waals surface area contributed by atoms with Crippen molar-refractivity contribution in [1.29, 1.82) is 5.41 Å². The van der Waals surface area contributed by atoms with Crippen molar-refractivity contribution in [1.82, 2.24) is 19.7 Å². The Morgan fingerprint density at radius 1 is 1.32 bits per heavy atom. The summed E-state index contributed by atoms with van der Waals surface area (Å²) in [7, 11) is 0. The second-order valence-corrected chi connectivity index (χ2v) is 6.84. The van der Waals surface area contributed by atoms with Crippen LogP contribution >= 0.6 is 0 Å². The van der Waals surface area contributed by atoms with Gasteiger partial charge >= 0.3 is 0 Å². The lowest BCUT2D eigenvalue weighted by molar-refractivity contribution is 0.0758. The molecule has 1 aromatic carbocycles. The maximum Gasteiger partial charge on any atom is 0.256 e. The van der Waals surface area contributed by atoms with Gasteiger partial charge in [-0.05, 0) is 38.1 Å². The largest absolute Gasteiger partial charge is 0.337 e.